The maximum atomic E-state index is 13.6. The van der Waals surface area contributed by atoms with E-state index in [1.807, 2.05) is 32.4 Å². The van der Waals surface area contributed by atoms with Gasteiger partial charge >= 0.3 is 0 Å². The molecule has 21 heavy (non-hydrogen) atoms. The van der Waals surface area contributed by atoms with Crippen molar-refractivity contribution in [1.82, 2.24) is 9.97 Å². The highest BCUT2D eigenvalue weighted by Crippen LogP contribution is 2.23. The smallest absolute Gasteiger partial charge is 0.191 e. The Hall–Kier alpha value is -1.82. The third-order valence-electron chi connectivity index (χ3n) is 3.20. The summed E-state index contributed by atoms with van der Waals surface area (Å²) in [6.45, 7) is 3.73. The molecule has 0 radical (unpaired) electrons. The molecule has 1 heterocycles. The lowest BCUT2D eigenvalue weighted by Crippen LogP contribution is -2.10. The second kappa shape index (κ2) is 6.76. The standard InChI is InChI=1S/C15H19FN4S/c1-9-5-6-11(7-12(9)16)10(2)18-14-8-13(17-3)19-15(20-14)21-4/h5-8,10H,1-4H3,(H2,17,18,19,20). The Morgan fingerprint density at radius 2 is 1.90 bits per heavy atom. The van der Waals surface area contributed by atoms with Gasteiger partial charge in [-0.2, -0.15) is 0 Å². The van der Waals surface area contributed by atoms with Crippen LogP contribution in [0.25, 0.3) is 0 Å². The average molecular weight is 306 g/mol. The zero-order valence-corrected chi connectivity index (χ0v) is 13.4. The van der Waals surface area contributed by atoms with Crippen LogP contribution in [0.4, 0.5) is 16.0 Å². The molecule has 2 aromatic rings. The molecule has 0 amide bonds. The number of hydrogen-bond acceptors (Lipinski definition) is 5. The van der Waals surface area contributed by atoms with Gasteiger partial charge in [-0.15, -0.1) is 0 Å². The number of aromatic nitrogens is 2. The van der Waals surface area contributed by atoms with E-state index in [1.54, 1.807) is 19.1 Å². The fourth-order valence-corrected chi connectivity index (χ4v) is 2.28. The van der Waals surface area contributed by atoms with Crippen LogP contribution in [0.3, 0.4) is 0 Å². The molecule has 1 unspecified atom stereocenters. The van der Waals surface area contributed by atoms with Crippen molar-refractivity contribution in [2.24, 2.45) is 0 Å². The molecular weight excluding hydrogens is 287 g/mol. The van der Waals surface area contributed by atoms with Crippen molar-refractivity contribution in [1.29, 1.82) is 0 Å². The predicted octanol–water partition coefficient (Wildman–Crippen LogP) is 3.86. The minimum absolute atomic E-state index is 0.0468. The van der Waals surface area contributed by atoms with Gasteiger partial charge in [-0.1, -0.05) is 23.9 Å². The minimum atomic E-state index is -0.190. The van der Waals surface area contributed by atoms with Crippen molar-refractivity contribution in [3.05, 3.63) is 41.2 Å². The number of hydrogen-bond donors (Lipinski definition) is 2. The van der Waals surface area contributed by atoms with Crippen LogP contribution in [0.1, 0.15) is 24.1 Å². The molecule has 2 N–H and O–H groups in total. The molecule has 6 heteroatoms. The SMILES string of the molecule is CNc1cc(NC(C)c2ccc(C)c(F)c2)nc(SC)n1. The summed E-state index contributed by atoms with van der Waals surface area (Å²) in [6, 6.07) is 7.05. The quantitative estimate of drug-likeness (QED) is 0.649. The summed E-state index contributed by atoms with van der Waals surface area (Å²) >= 11 is 1.48. The first-order valence-electron chi connectivity index (χ1n) is 6.67. The van der Waals surface area contributed by atoms with E-state index in [-0.39, 0.29) is 11.9 Å². The topological polar surface area (TPSA) is 49.8 Å². The van der Waals surface area contributed by atoms with E-state index in [2.05, 4.69) is 20.6 Å². The third-order valence-corrected chi connectivity index (χ3v) is 3.75. The number of rotatable bonds is 5. The lowest BCUT2D eigenvalue weighted by molar-refractivity contribution is 0.614. The van der Waals surface area contributed by atoms with E-state index in [0.29, 0.717) is 16.5 Å². The minimum Gasteiger partial charge on any atom is -0.373 e. The number of benzene rings is 1. The monoisotopic (exact) mass is 306 g/mol. The molecule has 0 aliphatic heterocycles. The van der Waals surface area contributed by atoms with E-state index in [0.717, 1.165) is 11.4 Å². The van der Waals surface area contributed by atoms with Crippen LogP contribution in [0, 0.1) is 12.7 Å². The van der Waals surface area contributed by atoms with E-state index in [4.69, 9.17) is 0 Å². The zero-order chi connectivity index (χ0) is 15.4. The highest BCUT2D eigenvalue weighted by atomic mass is 32.2. The van der Waals surface area contributed by atoms with Crippen molar-refractivity contribution in [3.63, 3.8) is 0 Å². The molecular formula is C15H19FN4S. The Bertz CT molecular complexity index is 611. The van der Waals surface area contributed by atoms with Gasteiger partial charge in [-0.05, 0) is 37.3 Å². The largest absolute Gasteiger partial charge is 0.373 e. The second-order valence-electron chi connectivity index (χ2n) is 4.75. The predicted molar refractivity (Wildman–Crippen MR) is 86.5 cm³/mol. The van der Waals surface area contributed by atoms with Gasteiger partial charge in [0.05, 0.1) is 6.04 Å². The summed E-state index contributed by atoms with van der Waals surface area (Å²) in [7, 11) is 1.81. The van der Waals surface area contributed by atoms with Gasteiger partial charge < -0.3 is 10.6 Å². The van der Waals surface area contributed by atoms with Gasteiger partial charge in [0.15, 0.2) is 5.16 Å². The van der Waals surface area contributed by atoms with Gasteiger partial charge in [0, 0.05) is 13.1 Å². The van der Waals surface area contributed by atoms with Crippen LogP contribution in [0.15, 0.2) is 29.4 Å². The molecule has 112 valence electrons. The lowest BCUT2D eigenvalue weighted by atomic mass is 10.1. The fourth-order valence-electron chi connectivity index (χ4n) is 1.90. The van der Waals surface area contributed by atoms with Crippen LogP contribution >= 0.6 is 11.8 Å². The molecule has 0 fully saturated rings. The van der Waals surface area contributed by atoms with E-state index < -0.39 is 0 Å². The molecule has 1 aromatic carbocycles. The summed E-state index contributed by atoms with van der Waals surface area (Å²) in [5.74, 6) is 1.27. The number of halogens is 1. The molecule has 0 aliphatic rings. The molecule has 4 nitrogen and oxygen atoms in total. The second-order valence-corrected chi connectivity index (χ2v) is 5.52. The highest BCUT2D eigenvalue weighted by molar-refractivity contribution is 7.98. The summed E-state index contributed by atoms with van der Waals surface area (Å²) in [6.07, 6.45) is 1.93. The van der Waals surface area contributed by atoms with Crippen molar-refractivity contribution < 1.29 is 4.39 Å². The Labute approximate surface area is 128 Å². The van der Waals surface area contributed by atoms with E-state index >= 15 is 0 Å². The summed E-state index contributed by atoms with van der Waals surface area (Å²) in [5, 5.41) is 6.98. The van der Waals surface area contributed by atoms with Gasteiger partial charge in [-0.25, -0.2) is 14.4 Å². The first-order valence-corrected chi connectivity index (χ1v) is 7.89. The Morgan fingerprint density at radius 3 is 2.52 bits per heavy atom. The van der Waals surface area contributed by atoms with Crippen molar-refractivity contribution in [2.45, 2.75) is 25.0 Å². The molecule has 0 bridgehead atoms. The van der Waals surface area contributed by atoms with Crippen molar-refractivity contribution >= 4 is 23.4 Å². The van der Waals surface area contributed by atoms with Crippen LogP contribution in [-0.2, 0) is 0 Å². The van der Waals surface area contributed by atoms with Gasteiger partial charge in [-0.3, -0.25) is 0 Å². The van der Waals surface area contributed by atoms with Crippen LogP contribution in [0.5, 0.6) is 0 Å². The maximum Gasteiger partial charge on any atom is 0.191 e. The van der Waals surface area contributed by atoms with E-state index in [1.165, 1.54) is 11.8 Å². The van der Waals surface area contributed by atoms with Gasteiger partial charge in [0.25, 0.3) is 0 Å². The zero-order valence-electron chi connectivity index (χ0n) is 12.6. The molecule has 1 atom stereocenters. The number of nitrogens with one attached hydrogen (secondary N) is 2. The first-order chi connectivity index (χ1) is 10.0. The number of thioether (sulfide) groups is 1. The third kappa shape index (κ3) is 3.85. The van der Waals surface area contributed by atoms with Crippen molar-refractivity contribution in [2.75, 3.05) is 23.9 Å². The van der Waals surface area contributed by atoms with Gasteiger partial charge in [0.1, 0.15) is 17.5 Å². The molecule has 2 rings (SSSR count). The van der Waals surface area contributed by atoms with Gasteiger partial charge in [0.2, 0.25) is 0 Å². The summed E-state index contributed by atoms with van der Waals surface area (Å²) < 4.78 is 13.6. The number of nitrogens with zero attached hydrogens (tertiary/aromatic N) is 2. The van der Waals surface area contributed by atoms with E-state index in [9.17, 15) is 4.39 Å². The molecule has 0 saturated heterocycles. The Kier molecular flexibility index (Phi) is 5.01. The number of aryl methyl sites for hydroxylation is 1. The molecule has 1 aromatic heterocycles. The van der Waals surface area contributed by atoms with Crippen LogP contribution in [0.2, 0.25) is 0 Å². The van der Waals surface area contributed by atoms with Crippen LogP contribution in [-0.4, -0.2) is 23.3 Å². The summed E-state index contributed by atoms with van der Waals surface area (Å²) in [4.78, 5) is 8.73. The normalized spacial score (nSPS) is 12.0. The number of anilines is 2. The fraction of sp³-hybridized carbons (Fsp3) is 0.333. The lowest BCUT2D eigenvalue weighted by Gasteiger charge is -2.16. The molecule has 0 aliphatic carbocycles. The summed E-state index contributed by atoms with van der Waals surface area (Å²) in [5.41, 5.74) is 1.53. The highest BCUT2D eigenvalue weighted by Gasteiger charge is 2.10. The Balaban J connectivity index is 2.22. The first kappa shape index (κ1) is 15.6. The molecule has 0 spiro atoms. The maximum absolute atomic E-state index is 13.6. The van der Waals surface area contributed by atoms with Crippen molar-refractivity contribution in [3.8, 4) is 0 Å². The Morgan fingerprint density at radius 1 is 1.19 bits per heavy atom. The molecule has 0 saturated carbocycles. The average Bonchev–Trinajstić information content (AvgIpc) is 2.49. The van der Waals surface area contributed by atoms with Crippen LogP contribution < -0.4 is 10.6 Å².